The molecule has 8 heteroatoms. The minimum Gasteiger partial charge on any atom is -0.493 e. The van der Waals surface area contributed by atoms with Crippen LogP contribution in [0.3, 0.4) is 0 Å². The lowest BCUT2D eigenvalue weighted by Gasteiger charge is -2.15. The summed E-state index contributed by atoms with van der Waals surface area (Å²) in [5.41, 5.74) is 1.96. The van der Waals surface area contributed by atoms with Crippen LogP contribution in [0.15, 0.2) is 27.7 Å². The number of hydrogen-bond acceptors (Lipinski definition) is 6. The molecule has 1 aromatic heterocycles. The SMILES string of the molecule is CCNC(=NCc1cc(OC)c(OCC)c(OC)c1)NCc1cc(C(CC)CC)no1. The third-order valence-electron chi connectivity index (χ3n) is 4.98. The molecule has 2 rings (SSSR count). The molecule has 0 unspecified atom stereocenters. The Hall–Kier alpha value is -2.90. The number of nitrogens with one attached hydrogen (secondary N) is 2. The first-order valence-corrected chi connectivity index (χ1v) is 10.9. The standard InChI is InChI=1S/C23H36N4O4/c1-7-17(8-2)19-13-18(31-27-19)15-26-23(24-9-3)25-14-16-11-20(28-5)22(30-10-4)21(12-16)29-6/h11-13,17H,7-10,14-15H2,1-6H3,(H2,24,25,26). The molecule has 0 saturated heterocycles. The maximum Gasteiger partial charge on any atom is 0.203 e. The Labute approximate surface area is 185 Å². The Kier molecular flexibility index (Phi) is 10.00. The van der Waals surface area contributed by atoms with Crippen LogP contribution in [0, 0.1) is 0 Å². The van der Waals surface area contributed by atoms with Crippen LogP contribution in [-0.4, -0.2) is 38.5 Å². The van der Waals surface area contributed by atoms with Crippen LogP contribution in [0.4, 0.5) is 0 Å². The van der Waals surface area contributed by atoms with Gasteiger partial charge >= 0.3 is 0 Å². The molecule has 0 aliphatic rings. The zero-order chi connectivity index (χ0) is 22.6. The van der Waals surface area contributed by atoms with Gasteiger partial charge in [-0.1, -0.05) is 19.0 Å². The number of ether oxygens (including phenoxy) is 3. The summed E-state index contributed by atoms with van der Waals surface area (Å²) in [5.74, 6) is 3.76. The number of benzene rings is 1. The Morgan fingerprint density at radius 3 is 2.26 bits per heavy atom. The van der Waals surface area contributed by atoms with Crippen LogP contribution in [0.25, 0.3) is 0 Å². The van der Waals surface area contributed by atoms with E-state index < -0.39 is 0 Å². The first kappa shape index (κ1) is 24.4. The largest absolute Gasteiger partial charge is 0.493 e. The van der Waals surface area contributed by atoms with E-state index in [9.17, 15) is 0 Å². The van der Waals surface area contributed by atoms with Gasteiger partial charge in [-0.2, -0.15) is 0 Å². The first-order valence-electron chi connectivity index (χ1n) is 10.9. The molecule has 0 amide bonds. The van der Waals surface area contributed by atoms with Gasteiger partial charge < -0.3 is 29.4 Å². The maximum absolute atomic E-state index is 5.66. The van der Waals surface area contributed by atoms with Crippen molar-refractivity contribution >= 4 is 5.96 Å². The predicted octanol–water partition coefficient (Wildman–Crippen LogP) is 4.25. The molecule has 31 heavy (non-hydrogen) atoms. The molecule has 0 aliphatic heterocycles. The molecule has 0 aliphatic carbocycles. The fourth-order valence-corrected chi connectivity index (χ4v) is 3.31. The molecule has 0 fully saturated rings. The third kappa shape index (κ3) is 6.80. The average Bonchev–Trinajstić information content (AvgIpc) is 3.25. The van der Waals surface area contributed by atoms with Crippen LogP contribution in [0.2, 0.25) is 0 Å². The second-order valence-corrected chi connectivity index (χ2v) is 7.04. The van der Waals surface area contributed by atoms with E-state index in [0.717, 1.165) is 36.4 Å². The van der Waals surface area contributed by atoms with Crippen molar-refractivity contribution < 1.29 is 18.7 Å². The van der Waals surface area contributed by atoms with Gasteiger partial charge in [0.15, 0.2) is 23.2 Å². The van der Waals surface area contributed by atoms with Gasteiger partial charge in [-0.05, 0) is 44.4 Å². The van der Waals surface area contributed by atoms with Crippen molar-refractivity contribution in [3.63, 3.8) is 0 Å². The van der Waals surface area contributed by atoms with Gasteiger partial charge in [0.2, 0.25) is 5.75 Å². The molecule has 0 bridgehead atoms. The molecule has 1 heterocycles. The molecule has 2 aromatic rings. The average molecular weight is 433 g/mol. The Morgan fingerprint density at radius 2 is 1.71 bits per heavy atom. The molecule has 0 atom stereocenters. The lowest BCUT2D eigenvalue weighted by molar-refractivity contribution is 0.288. The second kappa shape index (κ2) is 12.7. The summed E-state index contributed by atoms with van der Waals surface area (Å²) < 4.78 is 22.1. The van der Waals surface area contributed by atoms with Gasteiger partial charge in [0.1, 0.15) is 0 Å². The number of hydrogen-bond donors (Lipinski definition) is 2. The van der Waals surface area contributed by atoms with E-state index in [1.165, 1.54) is 0 Å². The molecule has 0 radical (unpaired) electrons. The summed E-state index contributed by atoms with van der Waals surface area (Å²) >= 11 is 0. The van der Waals surface area contributed by atoms with Crippen molar-refractivity contribution in [1.29, 1.82) is 0 Å². The topological polar surface area (TPSA) is 90.1 Å². The Balaban J connectivity index is 2.10. The quantitative estimate of drug-likeness (QED) is 0.383. The number of rotatable bonds is 12. The fraction of sp³-hybridized carbons (Fsp3) is 0.565. The number of methoxy groups -OCH3 is 2. The van der Waals surface area contributed by atoms with Gasteiger partial charge in [0.25, 0.3) is 0 Å². The van der Waals surface area contributed by atoms with Gasteiger partial charge in [0, 0.05) is 18.5 Å². The van der Waals surface area contributed by atoms with Crippen LogP contribution >= 0.6 is 0 Å². The first-order chi connectivity index (χ1) is 15.1. The van der Waals surface area contributed by atoms with Crippen molar-refractivity contribution in [1.82, 2.24) is 15.8 Å². The smallest absolute Gasteiger partial charge is 0.203 e. The summed E-state index contributed by atoms with van der Waals surface area (Å²) in [6, 6.07) is 5.86. The van der Waals surface area contributed by atoms with Crippen LogP contribution < -0.4 is 24.8 Å². The normalized spacial score (nSPS) is 11.5. The minimum absolute atomic E-state index is 0.434. The Morgan fingerprint density at radius 1 is 1.03 bits per heavy atom. The third-order valence-corrected chi connectivity index (χ3v) is 4.98. The van der Waals surface area contributed by atoms with E-state index in [2.05, 4.69) is 34.6 Å². The molecule has 0 spiro atoms. The molecule has 0 saturated carbocycles. The van der Waals surface area contributed by atoms with E-state index in [4.69, 9.17) is 18.7 Å². The summed E-state index contributed by atoms with van der Waals surface area (Å²) in [6.45, 7) is 10.5. The van der Waals surface area contributed by atoms with Crippen molar-refractivity contribution in [2.45, 2.75) is 59.5 Å². The number of nitrogens with zero attached hydrogens (tertiary/aromatic N) is 2. The summed E-state index contributed by atoms with van der Waals surface area (Å²) in [7, 11) is 3.23. The summed E-state index contributed by atoms with van der Waals surface area (Å²) in [5, 5.41) is 10.8. The Bertz CT molecular complexity index is 806. The predicted molar refractivity (Wildman–Crippen MR) is 122 cm³/mol. The van der Waals surface area contributed by atoms with E-state index in [0.29, 0.717) is 48.8 Å². The van der Waals surface area contributed by atoms with Gasteiger partial charge in [-0.15, -0.1) is 0 Å². The van der Waals surface area contributed by atoms with Crippen LogP contribution in [-0.2, 0) is 13.1 Å². The molecule has 8 nitrogen and oxygen atoms in total. The molecular formula is C23H36N4O4. The summed E-state index contributed by atoms with van der Waals surface area (Å²) in [4.78, 5) is 4.68. The van der Waals surface area contributed by atoms with E-state index in [1.807, 2.05) is 32.0 Å². The van der Waals surface area contributed by atoms with E-state index in [-0.39, 0.29) is 0 Å². The van der Waals surface area contributed by atoms with Crippen LogP contribution in [0.1, 0.15) is 63.5 Å². The van der Waals surface area contributed by atoms with Gasteiger partial charge in [-0.3, -0.25) is 0 Å². The highest BCUT2D eigenvalue weighted by Gasteiger charge is 2.15. The van der Waals surface area contributed by atoms with E-state index in [1.54, 1.807) is 14.2 Å². The number of aliphatic imine (C=N–C) groups is 1. The second-order valence-electron chi connectivity index (χ2n) is 7.04. The highest BCUT2D eigenvalue weighted by molar-refractivity contribution is 5.79. The fourth-order valence-electron chi connectivity index (χ4n) is 3.31. The van der Waals surface area contributed by atoms with Crippen molar-refractivity contribution in [2.75, 3.05) is 27.4 Å². The monoisotopic (exact) mass is 432 g/mol. The van der Waals surface area contributed by atoms with Gasteiger partial charge in [0.05, 0.1) is 39.6 Å². The highest BCUT2D eigenvalue weighted by atomic mass is 16.5. The molecule has 2 N–H and O–H groups in total. The van der Waals surface area contributed by atoms with Crippen LogP contribution in [0.5, 0.6) is 17.2 Å². The number of aromatic nitrogens is 1. The highest BCUT2D eigenvalue weighted by Crippen LogP contribution is 2.38. The lowest BCUT2D eigenvalue weighted by atomic mass is 9.99. The molecular weight excluding hydrogens is 396 g/mol. The van der Waals surface area contributed by atoms with Crippen molar-refractivity contribution in [2.24, 2.45) is 4.99 Å². The zero-order valence-corrected chi connectivity index (χ0v) is 19.6. The number of guanidine groups is 1. The van der Waals surface area contributed by atoms with Gasteiger partial charge in [-0.25, -0.2) is 4.99 Å². The zero-order valence-electron chi connectivity index (χ0n) is 19.6. The maximum atomic E-state index is 5.66. The lowest BCUT2D eigenvalue weighted by Crippen LogP contribution is -2.36. The summed E-state index contributed by atoms with van der Waals surface area (Å²) in [6.07, 6.45) is 2.10. The molecule has 172 valence electrons. The molecule has 1 aromatic carbocycles. The van der Waals surface area contributed by atoms with E-state index >= 15 is 0 Å². The minimum atomic E-state index is 0.434. The van der Waals surface area contributed by atoms with Crippen molar-refractivity contribution in [3.8, 4) is 17.2 Å². The van der Waals surface area contributed by atoms with Crippen molar-refractivity contribution in [3.05, 3.63) is 35.2 Å².